The third-order valence-corrected chi connectivity index (χ3v) is 6.92. The quantitative estimate of drug-likeness (QED) is 0.618. The molecule has 1 N–H and O–H groups in total. The van der Waals surface area contributed by atoms with Gasteiger partial charge in [0.05, 0.1) is 6.54 Å². The Labute approximate surface area is 191 Å². The highest BCUT2D eigenvalue weighted by atomic mass is 32.1. The predicted molar refractivity (Wildman–Crippen MR) is 125 cm³/mol. The van der Waals surface area contributed by atoms with Gasteiger partial charge in [-0.1, -0.05) is 6.07 Å². The number of rotatable bonds is 6. The molecule has 166 valence electrons. The second-order valence-corrected chi connectivity index (χ2v) is 9.21. The fraction of sp³-hybridized carbons (Fsp3) is 0.435. The number of nitrogens with one attached hydrogen (secondary N) is 1. The number of aromatic nitrogens is 4. The lowest BCUT2D eigenvalue weighted by atomic mass is 10.0. The summed E-state index contributed by atoms with van der Waals surface area (Å²) in [5, 5.41) is 5.66. The number of pyridine rings is 1. The number of thiazole rings is 1. The lowest BCUT2D eigenvalue weighted by molar-refractivity contribution is -0.117. The van der Waals surface area contributed by atoms with Crippen LogP contribution in [0.4, 0.5) is 5.82 Å². The van der Waals surface area contributed by atoms with E-state index >= 15 is 0 Å². The van der Waals surface area contributed by atoms with E-state index in [1.54, 1.807) is 18.5 Å². The number of carbonyl (C=O) groups excluding carboxylic acids is 1. The van der Waals surface area contributed by atoms with Crippen molar-refractivity contribution in [2.24, 2.45) is 0 Å². The van der Waals surface area contributed by atoms with Gasteiger partial charge < -0.3 is 10.2 Å². The first-order valence-corrected chi connectivity index (χ1v) is 12.1. The molecule has 2 saturated heterocycles. The van der Waals surface area contributed by atoms with Gasteiger partial charge in [-0.05, 0) is 50.9 Å². The van der Waals surface area contributed by atoms with Gasteiger partial charge in [-0.2, -0.15) is 0 Å². The normalized spacial score (nSPS) is 18.1. The molecule has 8 nitrogen and oxygen atoms in total. The van der Waals surface area contributed by atoms with Crippen LogP contribution in [0.5, 0.6) is 0 Å². The Morgan fingerprint density at radius 2 is 1.88 bits per heavy atom. The van der Waals surface area contributed by atoms with Crippen molar-refractivity contribution in [3.63, 3.8) is 0 Å². The van der Waals surface area contributed by atoms with Crippen molar-refractivity contribution in [2.75, 3.05) is 38.0 Å². The van der Waals surface area contributed by atoms with Crippen LogP contribution in [0.15, 0.2) is 42.0 Å². The van der Waals surface area contributed by atoms with Crippen molar-refractivity contribution in [1.29, 1.82) is 0 Å². The largest absolute Gasteiger partial charge is 0.309 e. The van der Waals surface area contributed by atoms with Crippen LogP contribution in [0.3, 0.4) is 0 Å². The lowest BCUT2D eigenvalue weighted by Crippen LogP contribution is -2.45. The van der Waals surface area contributed by atoms with E-state index in [9.17, 15) is 4.79 Å². The van der Waals surface area contributed by atoms with Crippen LogP contribution in [-0.2, 0) is 4.79 Å². The Balaban J connectivity index is 1.26. The van der Waals surface area contributed by atoms with Crippen molar-refractivity contribution in [3.8, 4) is 22.2 Å². The lowest BCUT2D eigenvalue weighted by Gasteiger charge is -2.36. The molecule has 3 aromatic rings. The van der Waals surface area contributed by atoms with Crippen LogP contribution in [0.2, 0.25) is 0 Å². The molecule has 5 rings (SSSR count). The van der Waals surface area contributed by atoms with Crippen LogP contribution in [0, 0.1) is 0 Å². The van der Waals surface area contributed by atoms with Crippen molar-refractivity contribution >= 4 is 23.1 Å². The first kappa shape index (κ1) is 21.1. The molecule has 2 aliphatic rings. The van der Waals surface area contributed by atoms with Gasteiger partial charge in [-0.25, -0.2) is 15.0 Å². The Kier molecular flexibility index (Phi) is 6.47. The number of anilines is 1. The minimum atomic E-state index is -0.0552. The zero-order chi connectivity index (χ0) is 21.8. The summed E-state index contributed by atoms with van der Waals surface area (Å²) in [5.41, 5.74) is 1.34. The Morgan fingerprint density at radius 3 is 2.59 bits per heavy atom. The maximum absolute atomic E-state index is 12.8. The summed E-state index contributed by atoms with van der Waals surface area (Å²) in [6, 6.07) is 8.07. The second kappa shape index (κ2) is 9.81. The molecule has 9 heteroatoms. The van der Waals surface area contributed by atoms with Crippen LogP contribution in [-0.4, -0.2) is 74.4 Å². The molecule has 0 unspecified atom stereocenters. The summed E-state index contributed by atoms with van der Waals surface area (Å²) in [6.45, 7) is 4.77. The molecule has 0 atom stereocenters. The second-order valence-electron chi connectivity index (χ2n) is 8.31. The first-order valence-electron chi connectivity index (χ1n) is 11.2. The highest BCUT2D eigenvalue weighted by Crippen LogP contribution is 2.25. The highest BCUT2D eigenvalue weighted by Gasteiger charge is 2.27. The summed E-state index contributed by atoms with van der Waals surface area (Å²) in [4.78, 5) is 35.6. The molecular formula is C23H27N7OS. The SMILES string of the molecule is O=C(CN1CCC(N2CCCC2)CC1)Nc1cc(-c2nccs2)nc(-c2ccccn2)n1. The minimum absolute atomic E-state index is 0.0552. The zero-order valence-electron chi connectivity index (χ0n) is 18.0. The molecule has 0 spiro atoms. The number of hydrogen-bond acceptors (Lipinski definition) is 8. The summed E-state index contributed by atoms with van der Waals surface area (Å²) in [7, 11) is 0. The van der Waals surface area contributed by atoms with Crippen molar-refractivity contribution < 1.29 is 4.79 Å². The smallest absolute Gasteiger partial charge is 0.239 e. The van der Waals surface area contributed by atoms with E-state index in [-0.39, 0.29) is 5.91 Å². The number of nitrogens with zero attached hydrogens (tertiary/aromatic N) is 6. The van der Waals surface area contributed by atoms with Gasteiger partial charge in [0.25, 0.3) is 0 Å². The molecule has 2 aliphatic heterocycles. The molecule has 3 aromatic heterocycles. The summed E-state index contributed by atoms with van der Waals surface area (Å²) in [5.74, 6) is 0.892. The van der Waals surface area contributed by atoms with E-state index in [0.717, 1.165) is 30.9 Å². The molecule has 5 heterocycles. The molecule has 0 saturated carbocycles. The monoisotopic (exact) mass is 449 g/mol. The van der Waals surface area contributed by atoms with Gasteiger partial charge in [0, 0.05) is 43.0 Å². The molecular weight excluding hydrogens is 422 g/mol. The van der Waals surface area contributed by atoms with Gasteiger partial charge in [0.2, 0.25) is 5.91 Å². The summed E-state index contributed by atoms with van der Waals surface area (Å²) in [6.07, 6.45) is 8.37. The summed E-state index contributed by atoms with van der Waals surface area (Å²) < 4.78 is 0. The van der Waals surface area contributed by atoms with Gasteiger partial charge in [-0.15, -0.1) is 11.3 Å². The van der Waals surface area contributed by atoms with E-state index in [1.165, 1.54) is 37.3 Å². The fourth-order valence-electron chi connectivity index (χ4n) is 4.52. The van der Waals surface area contributed by atoms with Crippen molar-refractivity contribution in [1.82, 2.24) is 29.7 Å². The van der Waals surface area contributed by atoms with Crippen LogP contribution >= 0.6 is 11.3 Å². The molecule has 0 aromatic carbocycles. The molecule has 2 fully saturated rings. The Hall–Kier alpha value is -2.75. The standard InChI is InChI=1S/C23H27N7OS/c31-21(16-29-12-6-17(7-13-29)30-10-3-4-11-30)27-20-15-19(23-25-9-14-32-23)26-22(28-20)18-5-1-2-8-24-18/h1-2,5,8-9,14-15,17H,3-4,6-7,10-13,16H2,(H,26,27,28,31). The van der Waals surface area contributed by atoms with E-state index in [0.29, 0.717) is 35.6 Å². The Morgan fingerprint density at radius 1 is 1.03 bits per heavy atom. The maximum Gasteiger partial charge on any atom is 0.239 e. The Bertz CT molecular complexity index is 1030. The van der Waals surface area contributed by atoms with Crippen molar-refractivity contribution in [3.05, 3.63) is 42.0 Å². The first-order chi connectivity index (χ1) is 15.7. The van der Waals surface area contributed by atoms with Gasteiger partial charge in [0.1, 0.15) is 22.2 Å². The van der Waals surface area contributed by atoms with Gasteiger partial charge in [0.15, 0.2) is 5.82 Å². The van der Waals surface area contributed by atoms with Crippen molar-refractivity contribution in [2.45, 2.75) is 31.7 Å². The third kappa shape index (κ3) is 5.01. The predicted octanol–water partition coefficient (Wildman–Crippen LogP) is 3.16. The van der Waals surface area contributed by atoms with E-state index in [4.69, 9.17) is 0 Å². The molecule has 0 radical (unpaired) electrons. The number of amides is 1. The molecule has 32 heavy (non-hydrogen) atoms. The summed E-state index contributed by atoms with van der Waals surface area (Å²) >= 11 is 1.50. The number of piperidine rings is 1. The number of carbonyl (C=O) groups is 1. The van der Waals surface area contributed by atoms with Gasteiger partial charge >= 0.3 is 0 Å². The average Bonchev–Trinajstić information content (AvgIpc) is 3.55. The molecule has 0 aliphatic carbocycles. The van der Waals surface area contributed by atoms with Gasteiger partial charge in [-0.3, -0.25) is 14.7 Å². The third-order valence-electron chi connectivity index (χ3n) is 6.12. The fourth-order valence-corrected chi connectivity index (χ4v) is 5.11. The highest BCUT2D eigenvalue weighted by molar-refractivity contribution is 7.13. The van der Waals surface area contributed by atoms with Crippen LogP contribution in [0.1, 0.15) is 25.7 Å². The molecule has 1 amide bonds. The maximum atomic E-state index is 12.8. The van der Waals surface area contributed by atoms with E-state index < -0.39 is 0 Å². The van der Waals surface area contributed by atoms with Crippen LogP contribution < -0.4 is 5.32 Å². The molecule has 0 bridgehead atoms. The topological polar surface area (TPSA) is 87.1 Å². The minimum Gasteiger partial charge on any atom is -0.309 e. The number of likely N-dealkylation sites (tertiary alicyclic amines) is 2. The van der Waals surface area contributed by atoms with E-state index in [2.05, 4.69) is 35.1 Å². The van der Waals surface area contributed by atoms with E-state index in [1.807, 2.05) is 23.6 Å². The zero-order valence-corrected chi connectivity index (χ0v) is 18.8. The van der Waals surface area contributed by atoms with Crippen LogP contribution in [0.25, 0.3) is 22.2 Å². The average molecular weight is 450 g/mol. The number of hydrogen-bond donors (Lipinski definition) is 1.